The standard InChI is InChI=1S/C30H33F3N2O3S/c1-21-8-7-9-24(18-21)22-12-14-23(15-13-22)29-26-19-34(16-5-6-17-35(26)27(29)20-38-2)39(36,37)28-11-4-3-10-25(28)30(31,32)33/h3-4,7-15,18,26-27,29H,5-6,16-17,19-20H2,1-2H3/t26?,27-,29?/m1/s1. The number of halogens is 3. The van der Waals surface area contributed by atoms with Gasteiger partial charge in [-0.1, -0.05) is 66.2 Å². The average Bonchev–Trinajstić information content (AvgIpc) is 2.89. The topological polar surface area (TPSA) is 49.9 Å². The van der Waals surface area contributed by atoms with Crippen LogP contribution in [0.2, 0.25) is 0 Å². The van der Waals surface area contributed by atoms with Crippen LogP contribution in [0.4, 0.5) is 13.2 Å². The number of rotatable bonds is 6. The molecule has 39 heavy (non-hydrogen) atoms. The molecule has 0 bridgehead atoms. The molecule has 5 nitrogen and oxygen atoms in total. The van der Waals surface area contributed by atoms with Gasteiger partial charge in [-0.2, -0.15) is 17.5 Å². The molecule has 0 saturated carbocycles. The molecule has 0 aromatic heterocycles. The molecule has 3 atom stereocenters. The fourth-order valence-electron chi connectivity index (χ4n) is 6.07. The second-order valence-corrected chi connectivity index (χ2v) is 12.3. The van der Waals surface area contributed by atoms with Crippen LogP contribution in [0.1, 0.15) is 35.4 Å². The zero-order chi connectivity index (χ0) is 27.8. The Morgan fingerprint density at radius 2 is 1.64 bits per heavy atom. The van der Waals surface area contributed by atoms with Gasteiger partial charge in [0.15, 0.2) is 0 Å². The summed E-state index contributed by atoms with van der Waals surface area (Å²) >= 11 is 0. The van der Waals surface area contributed by atoms with E-state index in [0.717, 1.165) is 41.8 Å². The molecule has 2 unspecified atom stereocenters. The highest BCUT2D eigenvalue weighted by Gasteiger charge is 2.51. The van der Waals surface area contributed by atoms with E-state index in [0.29, 0.717) is 13.0 Å². The van der Waals surface area contributed by atoms with Gasteiger partial charge in [-0.05, 0) is 55.1 Å². The number of hydrogen-bond acceptors (Lipinski definition) is 4. The van der Waals surface area contributed by atoms with Crippen molar-refractivity contribution in [3.8, 4) is 11.1 Å². The molecule has 0 spiro atoms. The maximum atomic E-state index is 13.7. The van der Waals surface area contributed by atoms with E-state index in [1.54, 1.807) is 7.11 Å². The molecular weight excluding hydrogens is 525 g/mol. The highest BCUT2D eigenvalue weighted by atomic mass is 32.2. The zero-order valence-electron chi connectivity index (χ0n) is 22.1. The second-order valence-electron chi connectivity index (χ2n) is 10.4. The first kappa shape index (κ1) is 27.8. The number of fused-ring (bicyclic) bond motifs is 1. The maximum Gasteiger partial charge on any atom is 0.417 e. The van der Waals surface area contributed by atoms with Crippen LogP contribution in [0.25, 0.3) is 11.1 Å². The van der Waals surface area contributed by atoms with Gasteiger partial charge in [-0.3, -0.25) is 4.90 Å². The Balaban J connectivity index is 1.46. The summed E-state index contributed by atoms with van der Waals surface area (Å²) in [6.07, 6.45) is -3.44. The normalized spacial score (nSPS) is 22.9. The van der Waals surface area contributed by atoms with Gasteiger partial charge < -0.3 is 4.74 Å². The van der Waals surface area contributed by atoms with E-state index in [9.17, 15) is 21.6 Å². The lowest BCUT2D eigenvalue weighted by Gasteiger charge is -2.57. The quantitative estimate of drug-likeness (QED) is 0.375. The van der Waals surface area contributed by atoms with Crippen LogP contribution in [0.15, 0.2) is 77.7 Å². The van der Waals surface area contributed by atoms with E-state index in [4.69, 9.17) is 4.74 Å². The van der Waals surface area contributed by atoms with Gasteiger partial charge in [0.2, 0.25) is 10.0 Å². The van der Waals surface area contributed by atoms with Crippen molar-refractivity contribution in [2.45, 2.75) is 48.8 Å². The minimum absolute atomic E-state index is 0.00910. The third kappa shape index (κ3) is 5.50. The number of alkyl halides is 3. The largest absolute Gasteiger partial charge is 0.417 e. The van der Waals surface area contributed by atoms with E-state index in [-0.39, 0.29) is 31.1 Å². The van der Waals surface area contributed by atoms with Crippen molar-refractivity contribution in [2.24, 2.45) is 0 Å². The summed E-state index contributed by atoms with van der Waals surface area (Å²) in [5, 5.41) is 0. The summed E-state index contributed by atoms with van der Waals surface area (Å²) in [5.41, 5.74) is 3.33. The zero-order valence-corrected chi connectivity index (χ0v) is 22.9. The molecule has 2 fully saturated rings. The fourth-order valence-corrected chi connectivity index (χ4v) is 7.77. The first-order chi connectivity index (χ1) is 18.6. The Hall–Kier alpha value is -2.72. The Labute approximate surface area is 228 Å². The Kier molecular flexibility index (Phi) is 7.88. The van der Waals surface area contributed by atoms with Crippen LogP contribution >= 0.6 is 0 Å². The van der Waals surface area contributed by atoms with E-state index >= 15 is 0 Å². The van der Waals surface area contributed by atoms with E-state index < -0.39 is 26.7 Å². The molecular formula is C30H33F3N2O3S. The van der Waals surface area contributed by atoms with Gasteiger partial charge in [-0.25, -0.2) is 8.42 Å². The third-order valence-electron chi connectivity index (χ3n) is 7.94. The molecule has 2 saturated heterocycles. The van der Waals surface area contributed by atoms with Gasteiger partial charge >= 0.3 is 6.18 Å². The summed E-state index contributed by atoms with van der Waals surface area (Å²) < 4.78 is 75.3. The number of nitrogens with zero attached hydrogens (tertiary/aromatic N) is 2. The van der Waals surface area contributed by atoms with Gasteiger partial charge in [0.25, 0.3) is 0 Å². The predicted octanol–water partition coefficient (Wildman–Crippen LogP) is 5.95. The lowest BCUT2D eigenvalue weighted by atomic mass is 9.74. The monoisotopic (exact) mass is 558 g/mol. The third-order valence-corrected chi connectivity index (χ3v) is 9.86. The molecule has 208 valence electrons. The Bertz CT molecular complexity index is 1410. The number of aryl methyl sites for hydroxylation is 1. The van der Waals surface area contributed by atoms with Crippen LogP contribution in [0, 0.1) is 6.92 Å². The van der Waals surface area contributed by atoms with Crippen molar-refractivity contribution in [1.29, 1.82) is 0 Å². The smallest absolute Gasteiger partial charge is 0.383 e. The lowest BCUT2D eigenvalue weighted by Crippen LogP contribution is -2.68. The van der Waals surface area contributed by atoms with Crippen molar-refractivity contribution in [2.75, 3.05) is 33.4 Å². The van der Waals surface area contributed by atoms with E-state index in [1.807, 2.05) is 6.07 Å². The molecule has 0 N–H and O–H groups in total. The van der Waals surface area contributed by atoms with Crippen molar-refractivity contribution in [3.05, 3.63) is 89.5 Å². The van der Waals surface area contributed by atoms with Gasteiger partial charge in [0.1, 0.15) is 0 Å². The highest BCUT2D eigenvalue weighted by Crippen LogP contribution is 2.44. The molecule has 2 heterocycles. The first-order valence-corrected chi connectivity index (χ1v) is 14.6. The van der Waals surface area contributed by atoms with Crippen molar-refractivity contribution >= 4 is 10.0 Å². The van der Waals surface area contributed by atoms with Crippen LogP contribution in [-0.4, -0.2) is 63.1 Å². The number of ether oxygens (including phenoxy) is 1. The minimum Gasteiger partial charge on any atom is -0.383 e. The second kappa shape index (κ2) is 11.0. The van der Waals surface area contributed by atoms with Crippen molar-refractivity contribution in [3.63, 3.8) is 0 Å². The molecule has 3 aromatic rings. The van der Waals surface area contributed by atoms with Gasteiger partial charge in [0, 0.05) is 38.2 Å². The molecule has 2 aliphatic heterocycles. The molecule has 0 radical (unpaired) electrons. The molecule has 9 heteroatoms. The summed E-state index contributed by atoms with van der Waals surface area (Å²) in [6, 6.07) is 20.9. The molecule has 5 rings (SSSR count). The number of benzene rings is 3. The van der Waals surface area contributed by atoms with Crippen molar-refractivity contribution < 1.29 is 26.3 Å². The van der Waals surface area contributed by atoms with Crippen LogP contribution in [-0.2, 0) is 20.9 Å². The lowest BCUT2D eigenvalue weighted by molar-refractivity contribution is -0.139. The molecule has 3 aromatic carbocycles. The van der Waals surface area contributed by atoms with Crippen LogP contribution in [0.5, 0.6) is 0 Å². The molecule has 2 aliphatic rings. The van der Waals surface area contributed by atoms with Gasteiger partial charge in [0.05, 0.1) is 17.1 Å². The van der Waals surface area contributed by atoms with Crippen LogP contribution in [0.3, 0.4) is 0 Å². The molecule has 0 aliphatic carbocycles. The SMILES string of the molecule is COC[C@@H]1C(c2ccc(-c3cccc(C)c3)cc2)C2CN(S(=O)(=O)c3ccccc3C(F)(F)F)CCCCN21. The summed E-state index contributed by atoms with van der Waals surface area (Å²) in [5.74, 6) is -0.00910. The summed E-state index contributed by atoms with van der Waals surface area (Å²) in [4.78, 5) is 1.58. The average molecular weight is 559 g/mol. The highest BCUT2D eigenvalue weighted by molar-refractivity contribution is 7.89. The number of sulfonamides is 1. The Morgan fingerprint density at radius 3 is 2.33 bits per heavy atom. The van der Waals surface area contributed by atoms with E-state index in [1.165, 1.54) is 22.0 Å². The first-order valence-electron chi connectivity index (χ1n) is 13.2. The van der Waals surface area contributed by atoms with Crippen LogP contribution < -0.4 is 0 Å². The predicted molar refractivity (Wildman–Crippen MR) is 145 cm³/mol. The minimum atomic E-state index is -4.76. The molecule has 0 amide bonds. The van der Waals surface area contributed by atoms with E-state index in [2.05, 4.69) is 54.3 Å². The summed E-state index contributed by atoms with van der Waals surface area (Å²) in [6.45, 7) is 3.65. The fraction of sp³-hybridized carbons (Fsp3) is 0.400. The number of methoxy groups -OCH3 is 1. The summed E-state index contributed by atoms with van der Waals surface area (Å²) in [7, 11) is -2.71. The van der Waals surface area contributed by atoms with Gasteiger partial charge in [-0.15, -0.1) is 0 Å². The number of hydrogen-bond donors (Lipinski definition) is 0. The Morgan fingerprint density at radius 1 is 0.923 bits per heavy atom. The van der Waals surface area contributed by atoms with Crippen molar-refractivity contribution in [1.82, 2.24) is 9.21 Å². The maximum absolute atomic E-state index is 13.7.